The van der Waals surface area contributed by atoms with Gasteiger partial charge in [-0.2, -0.15) is 0 Å². The van der Waals surface area contributed by atoms with Crippen molar-refractivity contribution in [1.82, 2.24) is 15.1 Å². The van der Waals surface area contributed by atoms with Crippen LogP contribution < -0.4 is 5.32 Å². The molecule has 2 aliphatic heterocycles. The number of thioether (sulfide) groups is 1. The first kappa shape index (κ1) is 20.6. The molecule has 23 heavy (non-hydrogen) atoms. The molecule has 1 N–H and O–H groups in total. The van der Waals surface area contributed by atoms with Gasteiger partial charge >= 0.3 is 0 Å². The molecule has 2 rings (SSSR count). The number of amides is 2. The van der Waals surface area contributed by atoms with Gasteiger partial charge in [-0.1, -0.05) is 6.92 Å². The van der Waals surface area contributed by atoms with Crippen molar-refractivity contribution in [1.29, 1.82) is 0 Å². The third-order valence-corrected chi connectivity index (χ3v) is 5.69. The minimum absolute atomic E-state index is 0. The lowest BCUT2D eigenvalue weighted by molar-refractivity contribution is -0.144. The lowest BCUT2D eigenvalue weighted by Gasteiger charge is -2.35. The Morgan fingerprint density at radius 1 is 1.26 bits per heavy atom. The number of nitrogens with zero attached hydrogens (tertiary/aromatic N) is 2. The lowest BCUT2D eigenvalue weighted by Crippen LogP contribution is -2.51. The summed E-state index contributed by atoms with van der Waals surface area (Å²) < 4.78 is 0. The minimum atomic E-state index is -0.224. The van der Waals surface area contributed by atoms with E-state index in [1.807, 2.05) is 18.9 Å². The summed E-state index contributed by atoms with van der Waals surface area (Å²) in [5, 5.41) is 3.20. The predicted octanol–water partition coefficient (Wildman–Crippen LogP) is 1.96. The van der Waals surface area contributed by atoms with E-state index in [2.05, 4.69) is 5.32 Å². The van der Waals surface area contributed by atoms with E-state index in [0.717, 1.165) is 50.6 Å². The second-order valence-electron chi connectivity index (χ2n) is 6.29. The van der Waals surface area contributed by atoms with Gasteiger partial charge < -0.3 is 15.1 Å². The molecule has 0 aromatic heterocycles. The summed E-state index contributed by atoms with van der Waals surface area (Å²) in [7, 11) is 1.98. The summed E-state index contributed by atoms with van der Waals surface area (Å²) in [4.78, 5) is 28.7. The normalized spacial score (nSPS) is 22.1. The van der Waals surface area contributed by atoms with Crippen LogP contribution in [0.15, 0.2) is 0 Å². The first-order valence-electron chi connectivity index (χ1n) is 8.48. The summed E-state index contributed by atoms with van der Waals surface area (Å²) >= 11 is 1.70. The molecular weight excluding hydrogens is 334 g/mol. The van der Waals surface area contributed by atoms with Crippen molar-refractivity contribution in [3.05, 3.63) is 0 Å². The van der Waals surface area contributed by atoms with E-state index in [-0.39, 0.29) is 30.3 Å². The largest absolute Gasteiger partial charge is 0.341 e. The van der Waals surface area contributed by atoms with Crippen molar-refractivity contribution in [3.63, 3.8) is 0 Å². The zero-order valence-electron chi connectivity index (χ0n) is 14.3. The number of rotatable bonds is 6. The summed E-state index contributed by atoms with van der Waals surface area (Å²) in [5.74, 6) is 2.46. The van der Waals surface area contributed by atoms with Gasteiger partial charge in [0.15, 0.2) is 0 Å². The topological polar surface area (TPSA) is 52.7 Å². The highest BCUT2D eigenvalue weighted by molar-refractivity contribution is 7.99. The fraction of sp³-hybridized carbons (Fsp3) is 0.875. The monoisotopic (exact) mass is 363 g/mol. The Morgan fingerprint density at radius 2 is 1.96 bits per heavy atom. The van der Waals surface area contributed by atoms with Gasteiger partial charge in [0.2, 0.25) is 11.8 Å². The first-order chi connectivity index (χ1) is 10.7. The van der Waals surface area contributed by atoms with Crippen molar-refractivity contribution in [2.24, 2.45) is 5.92 Å². The van der Waals surface area contributed by atoms with Crippen LogP contribution in [0.2, 0.25) is 0 Å². The summed E-state index contributed by atoms with van der Waals surface area (Å²) in [6.07, 6.45) is 4.78. The Hall–Kier alpha value is -0.460. The van der Waals surface area contributed by atoms with E-state index in [4.69, 9.17) is 0 Å². The molecule has 0 bridgehead atoms. The van der Waals surface area contributed by atoms with Crippen LogP contribution in [0, 0.1) is 5.92 Å². The maximum Gasteiger partial charge on any atom is 0.246 e. The molecule has 0 spiro atoms. The molecule has 2 heterocycles. The second kappa shape index (κ2) is 10.4. The molecule has 2 aliphatic rings. The van der Waals surface area contributed by atoms with Crippen LogP contribution in [0.3, 0.4) is 0 Å². The number of carbonyl (C=O) groups excluding carboxylic acids is 2. The van der Waals surface area contributed by atoms with Crippen molar-refractivity contribution in [3.8, 4) is 0 Å². The zero-order valence-corrected chi connectivity index (χ0v) is 15.9. The number of hydrogen-bond donors (Lipinski definition) is 1. The Labute approximate surface area is 150 Å². The van der Waals surface area contributed by atoms with Crippen LogP contribution in [0.25, 0.3) is 0 Å². The second-order valence-corrected chi connectivity index (χ2v) is 7.29. The maximum atomic E-state index is 12.7. The Kier molecular flexibility index (Phi) is 9.32. The molecule has 0 radical (unpaired) electrons. The van der Waals surface area contributed by atoms with Gasteiger partial charge in [0.1, 0.15) is 6.04 Å². The van der Waals surface area contributed by atoms with Gasteiger partial charge in [0.25, 0.3) is 0 Å². The number of carbonyl (C=O) groups is 2. The highest BCUT2D eigenvalue weighted by Gasteiger charge is 2.37. The van der Waals surface area contributed by atoms with E-state index in [1.54, 1.807) is 16.7 Å². The SMILES string of the molecule is CCCC(=O)N1CSCC1C(=O)N1CCC(CCNC)CC1.Cl. The third kappa shape index (κ3) is 5.54. The lowest BCUT2D eigenvalue weighted by atomic mass is 9.93. The van der Waals surface area contributed by atoms with Crippen molar-refractivity contribution < 1.29 is 9.59 Å². The van der Waals surface area contributed by atoms with Gasteiger partial charge in [0.05, 0.1) is 5.88 Å². The van der Waals surface area contributed by atoms with E-state index in [9.17, 15) is 9.59 Å². The van der Waals surface area contributed by atoms with E-state index >= 15 is 0 Å². The van der Waals surface area contributed by atoms with Gasteiger partial charge in [-0.25, -0.2) is 0 Å². The zero-order chi connectivity index (χ0) is 15.9. The quantitative estimate of drug-likeness (QED) is 0.783. The average molecular weight is 364 g/mol. The molecule has 2 fully saturated rings. The predicted molar refractivity (Wildman–Crippen MR) is 98.0 cm³/mol. The highest BCUT2D eigenvalue weighted by atomic mass is 35.5. The molecule has 0 aromatic carbocycles. The Balaban J connectivity index is 0.00000264. The van der Waals surface area contributed by atoms with Gasteiger partial charge in [-0.05, 0) is 45.2 Å². The van der Waals surface area contributed by atoms with Gasteiger partial charge in [-0.15, -0.1) is 24.2 Å². The first-order valence-corrected chi connectivity index (χ1v) is 9.63. The molecule has 0 aliphatic carbocycles. The third-order valence-electron chi connectivity index (χ3n) is 4.68. The van der Waals surface area contributed by atoms with E-state index < -0.39 is 0 Å². The number of nitrogens with one attached hydrogen (secondary N) is 1. The molecule has 5 nitrogen and oxygen atoms in total. The molecule has 2 saturated heterocycles. The van der Waals surface area contributed by atoms with Gasteiger partial charge in [-0.3, -0.25) is 9.59 Å². The van der Waals surface area contributed by atoms with Crippen LogP contribution in [-0.2, 0) is 9.59 Å². The Bertz CT molecular complexity index is 390. The molecule has 1 unspecified atom stereocenters. The number of likely N-dealkylation sites (tertiary alicyclic amines) is 1. The van der Waals surface area contributed by atoms with Crippen LogP contribution in [0.5, 0.6) is 0 Å². The molecular formula is C16H30ClN3O2S. The number of hydrogen-bond acceptors (Lipinski definition) is 4. The fourth-order valence-electron chi connectivity index (χ4n) is 3.25. The molecule has 0 aromatic rings. The minimum Gasteiger partial charge on any atom is -0.341 e. The smallest absolute Gasteiger partial charge is 0.246 e. The molecule has 2 amide bonds. The van der Waals surface area contributed by atoms with Crippen LogP contribution in [0.4, 0.5) is 0 Å². The van der Waals surface area contributed by atoms with Crippen molar-refractivity contribution in [2.75, 3.05) is 38.3 Å². The Morgan fingerprint density at radius 3 is 2.57 bits per heavy atom. The molecule has 1 atom stereocenters. The van der Waals surface area contributed by atoms with E-state index in [0.29, 0.717) is 12.3 Å². The molecule has 0 saturated carbocycles. The average Bonchev–Trinajstić information content (AvgIpc) is 3.02. The number of halogens is 1. The van der Waals surface area contributed by atoms with Crippen LogP contribution >= 0.6 is 24.2 Å². The highest BCUT2D eigenvalue weighted by Crippen LogP contribution is 2.26. The molecule has 7 heteroatoms. The van der Waals surface area contributed by atoms with E-state index in [1.165, 1.54) is 6.42 Å². The summed E-state index contributed by atoms with van der Waals surface area (Å²) in [5.41, 5.74) is 0. The summed E-state index contributed by atoms with van der Waals surface area (Å²) in [6.45, 7) is 4.76. The maximum absolute atomic E-state index is 12.7. The fourth-order valence-corrected chi connectivity index (χ4v) is 4.42. The van der Waals surface area contributed by atoms with Crippen molar-refractivity contribution in [2.45, 2.75) is 45.1 Å². The van der Waals surface area contributed by atoms with Crippen LogP contribution in [0.1, 0.15) is 39.0 Å². The standard InChI is InChI=1S/C16H29N3O2S.ClH/c1-3-4-15(20)19-12-22-11-14(19)16(21)18-9-6-13(7-10-18)5-8-17-2;/h13-14,17H,3-12H2,1-2H3;1H. The summed E-state index contributed by atoms with van der Waals surface area (Å²) in [6, 6.07) is -0.224. The van der Waals surface area contributed by atoms with Crippen molar-refractivity contribution >= 4 is 36.0 Å². The molecule has 134 valence electrons. The number of piperidine rings is 1. The van der Waals surface area contributed by atoms with Gasteiger partial charge in [0, 0.05) is 25.3 Å². The van der Waals surface area contributed by atoms with Crippen LogP contribution in [-0.4, -0.2) is 66.0 Å².